The number of aliphatic hydroxyl groups is 4. The fraction of sp³-hybridized carbons (Fsp3) is 0.714. The maximum Gasteiger partial charge on any atom is 0.336 e. The van der Waals surface area contributed by atoms with E-state index in [1.165, 1.54) is 6.92 Å². The van der Waals surface area contributed by atoms with E-state index in [-0.39, 0.29) is 16.8 Å². The molecule has 3 rings (SSSR count). The molecule has 0 bridgehead atoms. The van der Waals surface area contributed by atoms with Gasteiger partial charge in [0.05, 0.1) is 6.61 Å². The Balaban J connectivity index is 1.81. The Labute approximate surface area is 169 Å². The predicted molar refractivity (Wildman–Crippen MR) is 101 cm³/mol. The molecule has 0 aromatic heterocycles. The fourth-order valence-corrected chi connectivity index (χ4v) is 4.54. The van der Waals surface area contributed by atoms with E-state index in [4.69, 9.17) is 9.47 Å². The molecule has 0 spiro atoms. The van der Waals surface area contributed by atoms with Gasteiger partial charge in [0.25, 0.3) is 0 Å². The van der Waals surface area contributed by atoms with Crippen molar-refractivity contribution in [2.75, 3.05) is 6.61 Å². The number of hydrogen-bond acceptors (Lipinski definition) is 8. The van der Waals surface area contributed by atoms with Crippen LogP contribution in [0.15, 0.2) is 22.8 Å². The summed E-state index contributed by atoms with van der Waals surface area (Å²) in [6, 6.07) is 0. The molecule has 0 unspecified atom stereocenters. The average Bonchev–Trinajstić information content (AvgIpc) is 2.69. The fourth-order valence-electron chi connectivity index (χ4n) is 4.54. The number of rotatable bonds is 3. The van der Waals surface area contributed by atoms with Gasteiger partial charge in [0.1, 0.15) is 24.4 Å². The van der Waals surface area contributed by atoms with E-state index < -0.39 is 43.3 Å². The van der Waals surface area contributed by atoms with Gasteiger partial charge in [-0.2, -0.15) is 0 Å². The molecule has 1 heterocycles. The molecule has 162 valence electrons. The van der Waals surface area contributed by atoms with Crippen LogP contribution < -0.4 is 0 Å². The van der Waals surface area contributed by atoms with E-state index in [0.717, 1.165) is 24.8 Å². The van der Waals surface area contributed by atoms with Gasteiger partial charge in [0.15, 0.2) is 5.78 Å². The van der Waals surface area contributed by atoms with Crippen molar-refractivity contribution in [2.24, 2.45) is 11.3 Å². The summed E-state index contributed by atoms with van der Waals surface area (Å²) in [5.74, 6) is -0.684. The highest BCUT2D eigenvalue weighted by molar-refractivity contribution is 6.10. The zero-order valence-electron chi connectivity index (χ0n) is 17.0. The van der Waals surface area contributed by atoms with Crippen molar-refractivity contribution in [2.45, 2.75) is 77.2 Å². The molecule has 1 saturated heterocycles. The Hall–Kier alpha value is -1.58. The van der Waals surface area contributed by atoms with Crippen molar-refractivity contribution in [1.82, 2.24) is 0 Å². The topological polar surface area (TPSA) is 134 Å². The average molecular weight is 410 g/mol. The van der Waals surface area contributed by atoms with Crippen LogP contribution in [0.3, 0.4) is 0 Å². The summed E-state index contributed by atoms with van der Waals surface area (Å²) in [6.45, 7) is 5.14. The van der Waals surface area contributed by atoms with Gasteiger partial charge < -0.3 is 29.9 Å². The quantitative estimate of drug-likeness (QED) is 0.387. The van der Waals surface area contributed by atoms with E-state index in [1.807, 2.05) is 0 Å². The van der Waals surface area contributed by atoms with Gasteiger partial charge in [0, 0.05) is 11.1 Å². The molecule has 8 heteroatoms. The normalized spacial score (nSPS) is 42.0. The highest BCUT2D eigenvalue weighted by Crippen LogP contribution is 2.51. The summed E-state index contributed by atoms with van der Waals surface area (Å²) < 4.78 is 10.4. The first-order chi connectivity index (χ1) is 13.6. The molecule has 29 heavy (non-hydrogen) atoms. The van der Waals surface area contributed by atoms with E-state index in [2.05, 4.69) is 13.8 Å². The van der Waals surface area contributed by atoms with Crippen molar-refractivity contribution >= 4 is 11.8 Å². The molecule has 0 aromatic carbocycles. The molecular weight excluding hydrogens is 380 g/mol. The summed E-state index contributed by atoms with van der Waals surface area (Å²) in [4.78, 5) is 25.3. The molecule has 2 fully saturated rings. The maximum absolute atomic E-state index is 12.7. The lowest BCUT2D eigenvalue weighted by Gasteiger charge is -2.45. The van der Waals surface area contributed by atoms with Crippen molar-refractivity contribution in [3.63, 3.8) is 0 Å². The van der Waals surface area contributed by atoms with Gasteiger partial charge >= 0.3 is 5.97 Å². The summed E-state index contributed by atoms with van der Waals surface area (Å²) in [5, 5.41) is 39.0. The lowest BCUT2D eigenvalue weighted by atomic mass is 9.59. The van der Waals surface area contributed by atoms with Gasteiger partial charge in [-0.1, -0.05) is 19.4 Å². The minimum Gasteiger partial charge on any atom is -0.429 e. The van der Waals surface area contributed by atoms with E-state index in [9.17, 15) is 30.0 Å². The smallest absolute Gasteiger partial charge is 0.336 e. The third-order valence-corrected chi connectivity index (χ3v) is 6.88. The first-order valence-electron chi connectivity index (χ1n) is 10.1. The van der Waals surface area contributed by atoms with Crippen LogP contribution in [0.25, 0.3) is 0 Å². The number of aliphatic hydroxyl groups excluding tert-OH is 4. The van der Waals surface area contributed by atoms with Crippen LogP contribution in [0.4, 0.5) is 0 Å². The Morgan fingerprint density at radius 3 is 2.62 bits per heavy atom. The zero-order valence-corrected chi connectivity index (χ0v) is 17.0. The molecule has 1 saturated carbocycles. The number of carbonyl (C=O) groups excluding carboxylic acids is 2. The van der Waals surface area contributed by atoms with Crippen LogP contribution in [0, 0.1) is 11.3 Å². The van der Waals surface area contributed by atoms with Crippen LogP contribution in [0.1, 0.15) is 46.5 Å². The van der Waals surface area contributed by atoms with E-state index in [0.29, 0.717) is 17.9 Å². The third kappa shape index (κ3) is 3.92. The van der Waals surface area contributed by atoms with E-state index >= 15 is 0 Å². The molecular formula is C21H30O8. The Morgan fingerprint density at radius 1 is 1.28 bits per heavy atom. The van der Waals surface area contributed by atoms with Crippen LogP contribution >= 0.6 is 0 Å². The first-order valence-corrected chi connectivity index (χ1v) is 10.1. The zero-order chi connectivity index (χ0) is 21.5. The standard InChI is InChI=1S/C21H30O8/c1-10-5-4-6-12-7-14(23)13(8-21(10,12)3)11(2)19(27)29-20-18(26)17(25)16(24)15(9-22)28-20/h7,10,15-18,20,22,24-26H,4-6,8-9H2,1-3H3/b13-11-/t10-,15+,16+,17-,18+,20-,21+/m0/s1. The third-order valence-electron chi connectivity index (χ3n) is 6.88. The van der Waals surface area contributed by atoms with Crippen LogP contribution in [0.2, 0.25) is 0 Å². The van der Waals surface area contributed by atoms with Crippen LogP contribution in [0.5, 0.6) is 0 Å². The monoisotopic (exact) mass is 410 g/mol. The first kappa shape index (κ1) is 22.1. The molecule has 3 aliphatic rings. The Bertz CT molecular complexity index is 739. The van der Waals surface area contributed by atoms with Gasteiger partial charge in [-0.25, -0.2) is 4.79 Å². The second-order valence-corrected chi connectivity index (χ2v) is 8.63. The summed E-state index contributed by atoms with van der Waals surface area (Å²) in [7, 11) is 0. The minimum atomic E-state index is -1.68. The molecule has 0 amide bonds. The van der Waals surface area contributed by atoms with Crippen molar-refractivity contribution in [1.29, 1.82) is 0 Å². The molecule has 7 atom stereocenters. The second kappa shape index (κ2) is 8.28. The van der Waals surface area contributed by atoms with Gasteiger partial charge in [-0.3, -0.25) is 4.79 Å². The largest absolute Gasteiger partial charge is 0.429 e. The molecule has 8 nitrogen and oxygen atoms in total. The lowest BCUT2D eigenvalue weighted by molar-refractivity contribution is -0.291. The number of esters is 1. The van der Waals surface area contributed by atoms with Gasteiger partial charge in [-0.15, -0.1) is 0 Å². The molecule has 4 N–H and O–H groups in total. The molecule has 1 aliphatic heterocycles. The second-order valence-electron chi connectivity index (χ2n) is 8.63. The van der Waals surface area contributed by atoms with Gasteiger partial charge in [0.2, 0.25) is 6.29 Å². The summed E-state index contributed by atoms with van der Waals surface area (Å²) in [5.41, 5.74) is 1.44. The number of allylic oxidation sites excluding steroid dienone is 3. The SMILES string of the molecule is C/C(C(=O)O[C@@H]1O[C@H](CO)[C@@H](O)[C@H](O)[C@H]1O)=C1\C[C@@]2(C)C(=CC1=O)CCC[C@@H]2C. The predicted octanol–water partition coefficient (Wildman–Crippen LogP) is 0.371. The molecule has 2 aliphatic carbocycles. The summed E-state index contributed by atoms with van der Waals surface area (Å²) >= 11 is 0. The number of ether oxygens (including phenoxy) is 2. The number of fused-ring (bicyclic) bond motifs is 1. The lowest BCUT2D eigenvalue weighted by Crippen LogP contribution is -2.59. The van der Waals surface area contributed by atoms with Crippen molar-refractivity contribution < 1.29 is 39.5 Å². The van der Waals surface area contributed by atoms with Gasteiger partial charge in [-0.05, 0) is 50.0 Å². The number of hydrogen-bond donors (Lipinski definition) is 4. The van der Waals surface area contributed by atoms with Crippen LogP contribution in [-0.4, -0.2) is 69.5 Å². The van der Waals surface area contributed by atoms with Crippen LogP contribution in [-0.2, 0) is 19.1 Å². The number of carbonyl (C=O) groups is 2. The number of ketones is 1. The Kier molecular flexibility index (Phi) is 6.31. The maximum atomic E-state index is 12.7. The van der Waals surface area contributed by atoms with Crippen molar-refractivity contribution in [3.8, 4) is 0 Å². The molecule has 0 aromatic rings. The highest BCUT2D eigenvalue weighted by Gasteiger charge is 2.46. The Morgan fingerprint density at radius 2 is 1.97 bits per heavy atom. The molecule has 0 radical (unpaired) electrons. The van der Waals surface area contributed by atoms with Crippen molar-refractivity contribution in [3.05, 3.63) is 22.8 Å². The van der Waals surface area contributed by atoms with E-state index in [1.54, 1.807) is 6.08 Å². The summed E-state index contributed by atoms with van der Waals surface area (Å²) in [6.07, 6.45) is -2.54. The minimum absolute atomic E-state index is 0.126. The highest BCUT2D eigenvalue weighted by atomic mass is 16.7.